The zero-order valence-corrected chi connectivity index (χ0v) is 13.0. The molecule has 2 rings (SSSR count). The van der Waals surface area contributed by atoms with Crippen LogP contribution in [-0.2, 0) is 4.79 Å². The molecule has 0 aromatic carbocycles. The number of nitrogens with zero attached hydrogens (tertiary/aromatic N) is 1. The van der Waals surface area contributed by atoms with E-state index >= 15 is 0 Å². The van der Waals surface area contributed by atoms with Gasteiger partial charge in [-0.05, 0) is 44.6 Å². The summed E-state index contributed by atoms with van der Waals surface area (Å²) in [6.07, 6.45) is 5.71. The third kappa shape index (κ3) is 4.45. The number of aliphatic hydroxyl groups is 1. The summed E-state index contributed by atoms with van der Waals surface area (Å²) in [5.41, 5.74) is 0. The van der Waals surface area contributed by atoms with Gasteiger partial charge in [-0.1, -0.05) is 13.8 Å². The number of piperidine rings is 1. The van der Waals surface area contributed by atoms with E-state index in [2.05, 4.69) is 5.32 Å². The predicted molar refractivity (Wildman–Crippen MR) is 80.4 cm³/mol. The molecule has 0 aromatic rings. The molecule has 4 heteroatoms. The molecule has 1 amide bonds. The highest BCUT2D eigenvalue weighted by atomic mass is 16.3. The van der Waals surface area contributed by atoms with Gasteiger partial charge in [-0.3, -0.25) is 4.79 Å². The smallest absolute Gasteiger partial charge is 0.222 e. The van der Waals surface area contributed by atoms with Gasteiger partial charge in [0, 0.05) is 31.5 Å². The maximum absolute atomic E-state index is 12.2. The Morgan fingerprint density at radius 1 is 1.35 bits per heavy atom. The zero-order valence-electron chi connectivity index (χ0n) is 13.0. The Morgan fingerprint density at radius 3 is 2.70 bits per heavy atom. The topological polar surface area (TPSA) is 52.6 Å². The van der Waals surface area contributed by atoms with Crippen molar-refractivity contribution < 1.29 is 9.90 Å². The molecule has 3 unspecified atom stereocenters. The van der Waals surface area contributed by atoms with Crippen LogP contribution in [0.2, 0.25) is 0 Å². The average Bonchev–Trinajstić information content (AvgIpc) is 3.28. The van der Waals surface area contributed by atoms with Gasteiger partial charge >= 0.3 is 0 Å². The lowest BCUT2D eigenvalue weighted by atomic mass is 9.88. The van der Waals surface area contributed by atoms with Crippen LogP contribution in [0.25, 0.3) is 0 Å². The van der Waals surface area contributed by atoms with Crippen molar-refractivity contribution in [2.24, 2.45) is 11.8 Å². The molecule has 2 aliphatic rings. The molecule has 2 N–H and O–H groups in total. The zero-order chi connectivity index (χ0) is 14.5. The van der Waals surface area contributed by atoms with Crippen LogP contribution in [0.1, 0.15) is 52.4 Å². The van der Waals surface area contributed by atoms with Crippen LogP contribution in [0.3, 0.4) is 0 Å². The molecule has 3 atom stereocenters. The van der Waals surface area contributed by atoms with Crippen molar-refractivity contribution in [3.05, 3.63) is 0 Å². The SMILES string of the molecule is CCCC(=O)N1CC(NCC2CC2)CC(C(O)CC)C1. The molecule has 1 saturated heterocycles. The predicted octanol–water partition coefficient (Wildman–Crippen LogP) is 1.77. The molecule has 1 aliphatic heterocycles. The Labute approximate surface area is 122 Å². The number of carbonyl (C=O) groups is 1. The van der Waals surface area contributed by atoms with Crippen LogP contribution < -0.4 is 5.32 Å². The van der Waals surface area contributed by atoms with E-state index in [1.165, 1.54) is 12.8 Å². The molecule has 1 aliphatic carbocycles. The van der Waals surface area contributed by atoms with Crippen LogP contribution in [0, 0.1) is 11.8 Å². The van der Waals surface area contributed by atoms with E-state index in [4.69, 9.17) is 0 Å². The highest BCUT2D eigenvalue weighted by Gasteiger charge is 2.33. The number of carbonyl (C=O) groups excluding carboxylic acids is 1. The Balaban J connectivity index is 1.91. The molecule has 0 aromatic heterocycles. The first kappa shape index (κ1) is 15.8. The molecule has 0 radical (unpaired) electrons. The van der Waals surface area contributed by atoms with Gasteiger partial charge in [-0.2, -0.15) is 0 Å². The molecule has 2 fully saturated rings. The second kappa shape index (κ2) is 7.41. The number of rotatable bonds is 7. The Hall–Kier alpha value is -0.610. The fourth-order valence-corrected chi connectivity index (χ4v) is 3.13. The lowest BCUT2D eigenvalue weighted by molar-refractivity contribution is -0.134. The third-order valence-electron chi connectivity index (χ3n) is 4.65. The van der Waals surface area contributed by atoms with Crippen molar-refractivity contribution in [2.75, 3.05) is 19.6 Å². The minimum atomic E-state index is -0.280. The largest absolute Gasteiger partial charge is 0.393 e. The summed E-state index contributed by atoms with van der Waals surface area (Å²) in [5.74, 6) is 1.33. The molecular formula is C16H30N2O2. The lowest BCUT2D eigenvalue weighted by Gasteiger charge is -2.40. The van der Waals surface area contributed by atoms with Crippen molar-refractivity contribution in [2.45, 2.75) is 64.5 Å². The Morgan fingerprint density at radius 2 is 2.10 bits per heavy atom. The van der Waals surface area contributed by atoms with Crippen molar-refractivity contribution in [1.29, 1.82) is 0 Å². The van der Waals surface area contributed by atoms with Crippen molar-refractivity contribution >= 4 is 5.91 Å². The first-order valence-corrected chi connectivity index (χ1v) is 8.33. The van der Waals surface area contributed by atoms with Crippen molar-refractivity contribution in [1.82, 2.24) is 10.2 Å². The van der Waals surface area contributed by atoms with Crippen LogP contribution in [0.15, 0.2) is 0 Å². The highest BCUT2D eigenvalue weighted by Crippen LogP contribution is 2.29. The molecule has 0 bridgehead atoms. The van der Waals surface area contributed by atoms with Crippen LogP contribution >= 0.6 is 0 Å². The van der Waals surface area contributed by atoms with E-state index < -0.39 is 0 Å². The highest BCUT2D eigenvalue weighted by molar-refractivity contribution is 5.76. The molecule has 1 heterocycles. The van der Waals surface area contributed by atoms with Gasteiger partial charge < -0.3 is 15.3 Å². The minimum Gasteiger partial charge on any atom is -0.393 e. The lowest BCUT2D eigenvalue weighted by Crippen LogP contribution is -2.53. The van der Waals surface area contributed by atoms with E-state index in [9.17, 15) is 9.90 Å². The molecule has 0 spiro atoms. The van der Waals surface area contributed by atoms with E-state index in [0.717, 1.165) is 44.8 Å². The summed E-state index contributed by atoms with van der Waals surface area (Å²) < 4.78 is 0. The molecule has 116 valence electrons. The summed E-state index contributed by atoms with van der Waals surface area (Å²) in [4.78, 5) is 14.1. The third-order valence-corrected chi connectivity index (χ3v) is 4.65. The summed E-state index contributed by atoms with van der Waals surface area (Å²) in [6, 6.07) is 0.358. The van der Waals surface area contributed by atoms with E-state index in [1.54, 1.807) is 0 Å². The fourth-order valence-electron chi connectivity index (χ4n) is 3.13. The van der Waals surface area contributed by atoms with Crippen LogP contribution in [0.4, 0.5) is 0 Å². The number of nitrogens with one attached hydrogen (secondary N) is 1. The molecule has 4 nitrogen and oxygen atoms in total. The second-order valence-corrected chi connectivity index (χ2v) is 6.57. The first-order chi connectivity index (χ1) is 9.63. The van der Waals surface area contributed by atoms with Gasteiger partial charge in [0.1, 0.15) is 0 Å². The summed E-state index contributed by atoms with van der Waals surface area (Å²) in [5, 5.41) is 13.8. The average molecular weight is 282 g/mol. The quantitative estimate of drug-likeness (QED) is 0.748. The maximum atomic E-state index is 12.2. The number of aliphatic hydroxyl groups excluding tert-OH is 1. The fraction of sp³-hybridized carbons (Fsp3) is 0.938. The molecular weight excluding hydrogens is 252 g/mol. The van der Waals surface area contributed by atoms with E-state index in [-0.39, 0.29) is 17.9 Å². The summed E-state index contributed by atoms with van der Waals surface area (Å²) in [7, 11) is 0. The van der Waals surface area contributed by atoms with Gasteiger partial charge in [0.15, 0.2) is 0 Å². The monoisotopic (exact) mass is 282 g/mol. The van der Waals surface area contributed by atoms with Gasteiger partial charge in [0.05, 0.1) is 6.10 Å². The van der Waals surface area contributed by atoms with E-state index in [1.807, 2.05) is 18.7 Å². The number of amides is 1. The second-order valence-electron chi connectivity index (χ2n) is 6.57. The van der Waals surface area contributed by atoms with Crippen molar-refractivity contribution in [3.8, 4) is 0 Å². The van der Waals surface area contributed by atoms with Gasteiger partial charge in [-0.25, -0.2) is 0 Å². The summed E-state index contributed by atoms with van der Waals surface area (Å²) in [6.45, 7) is 6.69. The summed E-state index contributed by atoms with van der Waals surface area (Å²) >= 11 is 0. The standard InChI is InChI=1S/C16H30N2O2/c1-3-5-16(20)18-10-13(15(19)4-2)8-14(11-18)17-9-12-6-7-12/h12-15,17,19H,3-11H2,1-2H3. The van der Waals surface area contributed by atoms with Crippen LogP contribution in [0.5, 0.6) is 0 Å². The van der Waals surface area contributed by atoms with Gasteiger partial charge in [0.2, 0.25) is 5.91 Å². The minimum absolute atomic E-state index is 0.228. The van der Waals surface area contributed by atoms with Crippen molar-refractivity contribution in [3.63, 3.8) is 0 Å². The Bertz CT molecular complexity index is 318. The number of hydrogen-bond donors (Lipinski definition) is 2. The first-order valence-electron chi connectivity index (χ1n) is 8.33. The van der Waals surface area contributed by atoms with Gasteiger partial charge in [-0.15, -0.1) is 0 Å². The Kier molecular flexibility index (Phi) is 5.85. The number of hydrogen-bond acceptors (Lipinski definition) is 3. The van der Waals surface area contributed by atoms with Gasteiger partial charge in [0.25, 0.3) is 0 Å². The molecule has 20 heavy (non-hydrogen) atoms. The van der Waals surface area contributed by atoms with Crippen LogP contribution in [-0.4, -0.2) is 47.7 Å². The molecule has 1 saturated carbocycles. The van der Waals surface area contributed by atoms with E-state index in [0.29, 0.717) is 12.5 Å². The number of likely N-dealkylation sites (tertiary alicyclic amines) is 1. The normalized spacial score (nSPS) is 28.4. The maximum Gasteiger partial charge on any atom is 0.222 e.